The summed E-state index contributed by atoms with van der Waals surface area (Å²) in [6, 6.07) is 18.9. The number of hydrogen-bond acceptors (Lipinski definition) is 3. The summed E-state index contributed by atoms with van der Waals surface area (Å²) in [7, 11) is 2.07. The minimum Gasteiger partial charge on any atom is -1.00 e. The van der Waals surface area contributed by atoms with Crippen LogP contribution in [0.1, 0.15) is 5.56 Å². The summed E-state index contributed by atoms with van der Waals surface area (Å²) < 4.78 is 2.14. The van der Waals surface area contributed by atoms with Crippen molar-refractivity contribution in [3.63, 3.8) is 0 Å². The fourth-order valence-electron chi connectivity index (χ4n) is 3.27. The number of thioether (sulfide) groups is 1. The SMILES string of the molecule is C[n+]1ccc(C=CC=C2Sc3ccccc3N2CCO)c2ccccc21.[Ac].[Br-]. The molecule has 0 saturated carbocycles. The van der Waals surface area contributed by atoms with E-state index in [0.29, 0.717) is 6.54 Å². The van der Waals surface area contributed by atoms with Crippen molar-refractivity contribution in [3.05, 3.63) is 83.5 Å². The second-order valence-electron chi connectivity index (χ2n) is 6.21. The molecule has 1 aliphatic heterocycles. The normalized spacial score (nSPS) is 14.2. The van der Waals surface area contributed by atoms with E-state index < -0.39 is 0 Å². The Morgan fingerprint density at radius 1 is 1.07 bits per heavy atom. The van der Waals surface area contributed by atoms with Gasteiger partial charge in [-0.3, -0.25) is 0 Å². The molecule has 1 N–H and O–H groups in total. The van der Waals surface area contributed by atoms with Crippen LogP contribution < -0.4 is 26.4 Å². The molecule has 28 heavy (non-hydrogen) atoms. The molecule has 3 nitrogen and oxygen atoms in total. The van der Waals surface area contributed by atoms with E-state index in [-0.39, 0.29) is 67.7 Å². The maximum absolute atomic E-state index is 9.42. The number of benzene rings is 2. The molecule has 2 aromatic carbocycles. The van der Waals surface area contributed by atoms with Crippen molar-refractivity contribution in [2.24, 2.45) is 7.05 Å². The molecule has 2 heterocycles. The monoisotopic (exact) mass is 667 g/mol. The number of aliphatic hydroxyl groups excluding tert-OH is 1. The topological polar surface area (TPSA) is 27.4 Å². The molecule has 0 atom stereocenters. The number of nitrogens with zero attached hydrogens (tertiary/aromatic N) is 2. The number of rotatable bonds is 4. The van der Waals surface area contributed by atoms with E-state index in [9.17, 15) is 5.11 Å². The van der Waals surface area contributed by atoms with Crippen molar-refractivity contribution >= 4 is 34.4 Å². The van der Waals surface area contributed by atoms with Crippen LogP contribution in [0.2, 0.25) is 0 Å². The van der Waals surface area contributed by atoms with Crippen LogP contribution in [0, 0.1) is 44.1 Å². The molecule has 1 aromatic heterocycles. The number of hydrogen-bond donors (Lipinski definition) is 1. The molecule has 0 fully saturated rings. The van der Waals surface area contributed by atoms with Crippen molar-refractivity contribution in [3.8, 4) is 0 Å². The third-order valence-corrected chi connectivity index (χ3v) is 5.68. The number of fused-ring (bicyclic) bond motifs is 2. The van der Waals surface area contributed by atoms with E-state index in [1.54, 1.807) is 11.8 Å². The molecule has 1 aliphatic rings. The molecule has 0 aliphatic carbocycles. The van der Waals surface area contributed by atoms with Crippen LogP contribution >= 0.6 is 11.8 Å². The van der Waals surface area contributed by atoms with Gasteiger partial charge in [-0.25, -0.2) is 4.57 Å². The van der Waals surface area contributed by atoms with Gasteiger partial charge in [-0.15, -0.1) is 0 Å². The molecule has 3 aromatic rings. The van der Waals surface area contributed by atoms with Gasteiger partial charge >= 0.3 is 0 Å². The Kier molecular flexibility index (Phi) is 9.24. The van der Waals surface area contributed by atoms with Crippen LogP contribution in [0.3, 0.4) is 0 Å². The molecule has 0 saturated heterocycles. The van der Waals surface area contributed by atoms with Crippen molar-refractivity contribution in [1.29, 1.82) is 0 Å². The molecular formula is C22H21AcBrN2OS. The molecule has 0 bridgehead atoms. The standard InChI is InChI=1S/C22H21N2OS.Ac.BrH/c1-23-14-13-17(18-8-2-3-9-19(18)23)7-6-12-22-24(15-16-25)20-10-4-5-11-21(20)26-22;;/h2-14,25H,15-16H2,1H3;;1H/q+1;;/p-1. The molecule has 0 amide bonds. The minimum atomic E-state index is 0. The third kappa shape index (κ3) is 4.91. The van der Waals surface area contributed by atoms with E-state index in [0.717, 1.165) is 5.03 Å². The van der Waals surface area contributed by atoms with Gasteiger partial charge in [0.15, 0.2) is 6.20 Å². The summed E-state index contributed by atoms with van der Waals surface area (Å²) in [5.74, 6) is 0. The first-order valence-electron chi connectivity index (χ1n) is 8.69. The first-order chi connectivity index (χ1) is 12.8. The summed E-state index contributed by atoms with van der Waals surface area (Å²) in [5, 5.41) is 11.8. The van der Waals surface area contributed by atoms with Gasteiger partial charge in [0.25, 0.3) is 0 Å². The Labute approximate surface area is 216 Å². The largest absolute Gasteiger partial charge is 1.00 e. The number of pyridine rings is 1. The number of halogens is 1. The first kappa shape index (κ1) is 23.6. The number of para-hydroxylation sites is 2. The van der Waals surface area contributed by atoms with E-state index in [4.69, 9.17) is 0 Å². The predicted octanol–water partition coefficient (Wildman–Crippen LogP) is 1.13. The van der Waals surface area contributed by atoms with Crippen LogP contribution in [0.15, 0.2) is 82.9 Å². The maximum atomic E-state index is 9.42. The van der Waals surface area contributed by atoms with Gasteiger partial charge in [0.05, 0.1) is 22.7 Å². The Bertz CT molecular complexity index is 1020. The van der Waals surface area contributed by atoms with Crippen molar-refractivity contribution < 1.29 is 70.7 Å². The summed E-state index contributed by atoms with van der Waals surface area (Å²) in [6.45, 7) is 0.740. The van der Waals surface area contributed by atoms with Gasteiger partial charge in [0, 0.05) is 67.6 Å². The zero-order chi connectivity index (χ0) is 17.9. The second-order valence-corrected chi connectivity index (χ2v) is 7.27. The predicted molar refractivity (Wildman–Crippen MR) is 109 cm³/mol. The fourth-order valence-corrected chi connectivity index (χ4v) is 4.38. The number of β-amino-alcohol motifs (C(OH)–C–C–N with tert-alkyl or cyclic N) is 1. The number of aryl methyl sites for hydroxylation is 1. The molecule has 1 radical (unpaired) electrons. The van der Waals surface area contributed by atoms with Gasteiger partial charge in [0.2, 0.25) is 5.52 Å². The van der Waals surface area contributed by atoms with Gasteiger partial charge < -0.3 is 27.0 Å². The number of aliphatic hydroxyl groups is 1. The zero-order valence-electron chi connectivity index (χ0n) is 15.6. The average Bonchev–Trinajstić information content (AvgIpc) is 3.02. The van der Waals surface area contributed by atoms with Crippen LogP contribution in [0.5, 0.6) is 0 Å². The maximum Gasteiger partial charge on any atom is 0.212 e. The number of anilines is 1. The van der Waals surface area contributed by atoms with E-state index in [2.05, 4.69) is 89.5 Å². The Morgan fingerprint density at radius 2 is 1.82 bits per heavy atom. The smallest absolute Gasteiger partial charge is 0.212 e. The van der Waals surface area contributed by atoms with E-state index in [1.807, 2.05) is 6.07 Å². The quantitative estimate of drug-likeness (QED) is 0.423. The van der Waals surface area contributed by atoms with Crippen LogP contribution in [-0.2, 0) is 7.05 Å². The number of allylic oxidation sites excluding steroid dienone is 2. The van der Waals surface area contributed by atoms with E-state index in [1.165, 1.54) is 27.0 Å². The molecule has 0 spiro atoms. The van der Waals surface area contributed by atoms with Gasteiger partial charge in [0.1, 0.15) is 7.05 Å². The fraction of sp³-hybridized carbons (Fsp3) is 0.136. The Hall–Kier alpha value is -0.638. The van der Waals surface area contributed by atoms with Crippen LogP contribution in [0.25, 0.3) is 17.0 Å². The summed E-state index contributed by atoms with van der Waals surface area (Å²) in [5.41, 5.74) is 3.58. The number of aromatic nitrogens is 1. The molecular weight excluding hydrogens is 647 g/mol. The van der Waals surface area contributed by atoms with Gasteiger partial charge in [-0.2, -0.15) is 0 Å². The van der Waals surface area contributed by atoms with Crippen molar-refractivity contribution in [1.82, 2.24) is 0 Å². The Balaban J connectivity index is 0.00000140. The second kappa shape index (κ2) is 10.9. The van der Waals surface area contributed by atoms with Crippen LogP contribution in [-0.4, -0.2) is 18.3 Å². The summed E-state index contributed by atoms with van der Waals surface area (Å²) >= 11 is 1.75. The summed E-state index contributed by atoms with van der Waals surface area (Å²) in [4.78, 5) is 3.41. The average molecular weight is 668 g/mol. The summed E-state index contributed by atoms with van der Waals surface area (Å²) in [6.07, 6.45) is 8.46. The third-order valence-electron chi connectivity index (χ3n) is 4.55. The van der Waals surface area contributed by atoms with Crippen LogP contribution in [0.4, 0.5) is 5.69 Å². The zero-order valence-corrected chi connectivity index (χ0v) is 22.8. The van der Waals surface area contributed by atoms with Crippen molar-refractivity contribution in [2.75, 3.05) is 18.1 Å². The first-order valence-corrected chi connectivity index (χ1v) is 9.50. The van der Waals surface area contributed by atoms with E-state index >= 15 is 0 Å². The molecule has 0 unspecified atom stereocenters. The minimum absolute atomic E-state index is 0. The molecule has 141 valence electrons. The molecule has 6 heteroatoms. The van der Waals surface area contributed by atoms with Gasteiger partial charge in [-0.1, -0.05) is 48.2 Å². The van der Waals surface area contributed by atoms with Gasteiger partial charge in [-0.05, 0) is 29.8 Å². The molecule has 4 rings (SSSR count). The Morgan fingerprint density at radius 3 is 2.64 bits per heavy atom. The van der Waals surface area contributed by atoms with Crippen molar-refractivity contribution in [2.45, 2.75) is 4.90 Å².